The summed E-state index contributed by atoms with van der Waals surface area (Å²) < 4.78 is 12.1. The normalized spacial score (nSPS) is 16.4. The fourth-order valence-electron chi connectivity index (χ4n) is 3.95. The Morgan fingerprint density at radius 1 is 0.966 bits per heavy atom. The number of fused-ring (bicyclic) bond motifs is 2. The van der Waals surface area contributed by atoms with Crippen LogP contribution in [-0.2, 0) is 0 Å². The summed E-state index contributed by atoms with van der Waals surface area (Å²) in [5.74, 6) is 1.42. The first-order valence-corrected chi connectivity index (χ1v) is 10.2. The minimum absolute atomic E-state index is 0.268. The predicted octanol–water partition coefficient (Wildman–Crippen LogP) is 4.87. The topological polar surface area (TPSA) is 41.7 Å². The number of ether oxygens (including phenoxy) is 1. The SMILES string of the molecule is CC(Oc1ccc2cccc(N3CCN(C)CC3)c2c1)c1nc2ccccc2o1. The zero-order chi connectivity index (χ0) is 19.8. The molecule has 1 unspecified atom stereocenters. The highest BCUT2D eigenvalue weighted by Crippen LogP contribution is 2.32. The molecule has 1 atom stereocenters. The van der Waals surface area contributed by atoms with E-state index in [0.29, 0.717) is 5.89 Å². The Kier molecular flexibility index (Phi) is 4.60. The molecule has 0 bridgehead atoms. The third-order valence-corrected chi connectivity index (χ3v) is 5.65. The zero-order valence-corrected chi connectivity index (χ0v) is 16.8. The van der Waals surface area contributed by atoms with Crippen LogP contribution in [-0.4, -0.2) is 43.1 Å². The maximum Gasteiger partial charge on any atom is 0.236 e. The number of oxazole rings is 1. The van der Waals surface area contributed by atoms with E-state index in [-0.39, 0.29) is 6.10 Å². The minimum atomic E-state index is -0.268. The quantitative estimate of drug-likeness (QED) is 0.500. The second-order valence-corrected chi connectivity index (χ2v) is 7.73. The van der Waals surface area contributed by atoms with E-state index in [0.717, 1.165) is 43.0 Å². The van der Waals surface area contributed by atoms with Crippen molar-refractivity contribution < 1.29 is 9.15 Å². The highest BCUT2D eigenvalue weighted by Gasteiger charge is 2.18. The Labute approximate surface area is 170 Å². The van der Waals surface area contributed by atoms with Crippen molar-refractivity contribution >= 4 is 27.6 Å². The highest BCUT2D eigenvalue weighted by molar-refractivity contribution is 5.95. The van der Waals surface area contributed by atoms with Gasteiger partial charge >= 0.3 is 0 Å². The van der Waals surface area contributed by atoms with Crippen LogP contribution in [0.5, 0.6) is 5.75 Å². The Morgan fingerprint density at radius 3 is 2.62 bits per heavy atom. The first-order chi connectivity index (χ1) is 14.2. The lowest BCUT2D eigenvalue weighted by atomic mass is 10.1. The number of rotatable bonds is 4. The predicted molar refractivity (Wildman–Crippen MR) is 117 cm³/mol. The van der Waals surface area contributed by atoms with Gasteiger partial charge < -0.3 is 19.0 Å². The number of nitrogens with zero attached hydrogens (tertiary/aromatic N) is 3. The summed E-state index contributed by atoms with van der Waals surface area (Å²) in [6.07, 6.45) is -0.268. The van der Waals surface area contributed by atoms with Crippen molar-refractivity contribution in [3.8, 4) is 5.75 Å². The molecule has 0 N–H and O–H groups in total. The largest absolute Gasteiger partial charge is 0.481 e. The van der Waals surface area contributed by atoms with Gasteiger partial charge in [0, 0.05) is 37.3 Å². The van der Waals surface area contributed by atoms with E-state index in [1.165, 1.54) is 16.5 Å². The van der Waals surface area contributed by atoms with E-state index < -0.39 is 0 Å². The van der Waals surface area contributed by atoms with Gasteiger partial charge in [-0.05, 0) is 49.7 Å². The van der Waals surface area contributed by atoms with E-state index >= 15 is 0 Å². The molecule has 5 rings (SSSR count). The molecule has 29 heavy (non-hydrogen) atoms. The molecule has 0 amide bonds. The third-order valence-electron chi connectivity index (χ3n) is 5.65. The van der Waals surface area contributed by atoms with Gasteiger partial charge in [-0.3, -0.25) is 0 Å². The number of anilines is 1. The molecule has 0 radical (unpaired) electrons. The van der Waals surface area contributed by atoms with Gasteiger partial charge in [-0.2, -0.15) is 0 Å². The van der Waals surface area contributed by atoms with Crippen LogP contribution in [0.2, 0.25) is 0 Å². The second-order valence-electron chi connectivity index (χ2n) is 7.73. The van der Waals surface area contributed by atoms with Crippen LogP contribution in [0.4, 0.5) is 5.69 Å². The van der Waals surface area contributed by atoms with E-state index in [1.807, 2.05) is 37.3 Å². The number of benzene rings is 3. The van der Waals surface area contributed by atoms with Crippen LogP contribution in [0.15, 0.2) is 65.1 Å². The van der Waals surface area contributed by atoms with Gasteiger partial charge in [0.25, 0.3) is 0 Å². The van der Waals surface area contributed by atoms with Crippen LogP contribution in [0.25, 0.3) is 21.9 Å². The van der Waals surface area contributed by atoms with Gasteiger partial charge in [0.2, 0.25) is 5.89 Å². The summed E-state index contributed by atoms with van der Waals surface area (Å²) in [5, 5.41) is 2.45. The summed E-state index contributed by atoms with van der Waals surface area (Å²) in [7, 11) is 2.18. The maximum absolute atomic E-state index is 6.21. The standard InChI is InChI=1S/C24H25N3O2/c1-17(24-25-21-7-3-4-9-23(21)29-24)28-19-11-10-18-6-5-8-22(20(18)16-19)27-14-12-26(2)13-15-27/h3-11,16-17H,12-15H2,1-2H3. The van der Waals surface area contributed by atoms with Gasteiger partial charge in [-0.15, -0.1) is 0 Å². The van der Waals surface area contributed by atoms with Crippen molar-refractivity contribution in [1.82, 2.24) is 9.88 Å². The Bertz CT molecular complexity index is 1110. The molecule has 4 aromatic rings. The number of aromatic nitrogens is 1. The minimum Gasteiger partial charge on any atom is -0.481 e. The summed E-state index contributed by atoms with van der Waals surface area (Å²) >= 11 is 0. The zero-order valence-electron chi connectivity index (χ0n) is 16.8. The van der Waals surface area contributed by atoms with Gasteiger partial charge in [0.05, 0.1) is 0 Å². The average molecular weight is 387 g/mol. The Morgan fingerprint density at radius 2 is 1.79 bits per heavy atom. The summed E-state index contributed by atoms with van der Waals surface area (Å²) in [5.41, 5.74) is 2.91. The number of likely N-dealkylation sites (N-methyl/N-ethyl adjacent to an activating group) is 1. The Balaban J connectivity index is 1.43. The lowest BCUT2D eigenvalue weighted by molar-refractivity contribution is 0.192. The number of piperazine rings is 1. The summed E-state index contributed by atoms with van der Waals surface area (Å²) in [4.78, 5) is 9.41. The molecule has 1 aromatic heterocycles. The molecule has 1 fully saturated rings. The van der Waals surface area contributed by atoms with Crippen molar-refractivity contribution in [3.63, 3.8) is 0 Å². The van der Waals surface area contributed by atoms with E-state index in [9.17, 15) is 0 Å². The van der Waals surface area contributed by atoms with Gasteiger partial charge in [-0.1, -0.05) is 30.3 Å². The lowest BCUT2D eigenvalue weighted by Crippen LogP contribution is -2.44. The smallest absolute Gasteiger partial charge is 0.236 e. The van der Waals surface area contributed by atoms with Gasteiger partial charge in [-0.25, -0.2) is 4.98 Å². The van der Waals surface area contributed by atoms with E-state index in [4.69, 9.17) is 9.15 Å². The van der Waals surface area contributed by atoms with Crippen LogP contribution in [0, 0.1) is 0 Å². The fourth-order valence-corrected chi connectivity index (χ4v) is 3.95. The fraction of sp³-hybridized carbons (Fsp3) is 0.292. The maximum atomic E-state index is 6.21. The average Bonchev–Trinajstić information content (AvgIpc) is 3.18. The van der Waals surface area contributed by atoms with Gasteiger partial charge in [0.15, 0.2) is 11.7 Å². The lowest BCUT2D eigenvalue weighted by Gasteiger charge is -2.34. The molecule has 1 aliphatic rings. The molecule has 0 aliphatic carbocycles. The molecular weight excluding hydrogens is 362 g/mol. The van der Waals surface area contributed by atoms with Crippen LogP contribution in [0.1, 0.15) is 18.9 Å². The molecule has 148 valence electrons. The molecule has 5 heteroatoms. The summed E-state index contributed by atoms with van der Waals surface area (Å²) in [6.45, 7) is 6.23. The van der Waals surface area contributed by atoms with Gasteiger partial charge in [0.1, 0.15) is 11.3 Å². The van der Waals surface area contributed by atoms with Crippen molar-refractivity contribution in [2.75, 3.05) is 38.1 Å². The monoisotopic (exact) mass is 387 g/mol. The molecule has 2 heterocycles. The van der Waals surface area contributed by atoms with Crippen molar-refractivity contribution in [2.45, 2.75) is 13.0 Å². The second kappa shape index (κ2) is 7.41. The highest BCUT2D eigenvalue weighted by atomic mass is 16.5. The molecule has 1 saturated heterocycles. The molecular formula is C24H25N3O2. The molecule has 1 aliphatic heterocycles. The Hall–Kier alpha value is -3.05. The van der Waals surface area contributed by atoms with Crippen molar-refractivity contribution in [1.29, 1.82) is 0 Å². The molecule has 3 aromatic carbocycles. The van der Waals surface area contributed by atoms with Crippen LogP contribution >= 0.6 is 0 Å². The van der Waals surface area contributed by atoms with Crippen molar-refractivity contribution in [2.24, 2.45) is 0 Å². The molecule has 0 spiro atoms. The third kappa shape index (κ3) is 3.54. The first kappa shape index (κ1) is 18.0. The van der Waals surface area contributed by atoms with E-state index in [1.54, 1.807) is 0 Å². The number of hydrogen-bond acceptors (Lipinski definition) is 5. The van der Waals surface area contributed by atoms with Crippen molar-refractivity contribution in [3.05, 3.63) is 66.6 Å². The molecule has 0 saturated carbocycles. The number of para-hydroxylation sites is 2. The summed E-state index contributed by atoms with van der Waals surface area (Å²) in [6, 6.07) is 20.6. The number of hydrogen-bond donors (Lipinski definition) is 0. The molecule has 5 nitrogen and oxygen atoms in total. The van der Waals surface area contributed by atoms with Crippen LogP contribution < -0.4 is 9.64 Å². The first-order valence-electron chi connectivity index (χ1n) is 10.2. The van der Waals surface area contributed by atoms with Crippen LogP contribution in [0.3, 0.4) is 0 Å². The van der Waals surface area contributed by atoms with E-state index in [2.05, 4.69) is 52.2 Å².